The SMILES string of the molecule is OC[C@H]1O[C@H]2[C@@H]([C@@H](OCc3ccccc3)[C@@H]1OCc1ccccc1)C2(Cl)Cl. The summed E-state index contributed by atoms with van der Waals surface area (Å²) in [6, 6.07) is 19.8. The van der Waals surface area contributed by atoms with Gasteiger partial charge < -0.3 is 19.3 Å². The molecule has 5 atom stereocenters. The molecule has 4 nitrogen and oxygen atoms in total. The van der Waals surface area contributed by atoms with Gasteiger partial charge in [0.1, 0.15) is 12.2 Å². The summed E-state index contributed by atoms with van der Waals surface area (Å²) in [5.74, 6) is -0.187. The Morgan fingerprint density at radius 1 is 0.852 bits per heavy atom. The lowest BCUT2D eigenvalue weighted by atomic mass is 10.0. The molecule has 1 saturated heterocycles. The normalized spacial score (nSPS) is 31.3. The largest absolute Gasteiger partial charge is 0.394 e. The Labute approximate surface area is 169 Å². The molecule has 0 bridgehead atoms. The molecule has 2 aliphatic rings. The van der Waals surface area contributed by atoms with Gasteiger partial charge in [-0.1, -0.05) is 83.9 Å². The van der Waals surface area contributed by atoms with Gasteiger partial charge in [0.05, 0.1) is 37.9 Å². The highest BCUT2D eigenvalue weighted by atomic mass is 35.5. The first kappa shape index (κ1) is 19.2. The Kier molecular flexibility index (Phi) is 5.74. The number of aliphatic hydroxyl groups excluding tert-OH is 1. The number of aliphatic hydroxyl groups is 1. The van der Waals surface area contributed by atoms with Crippen molar-refractivity contribution in [2.24, 2.45) is 5.92 Å². The van der Waals surface area contributed by atoms with Gasteiger partial charge in [0.15, 0.2) is 4.33 Å². The molecule has 1 aliphatic heterocycles. The van der Waals surface area contributed by atoms with Gasteiger partial charge in [0.2, 0.25) is 0 Å². The van der Waals surface area contributed by atoms with Crippen LogP contribution in [0.1, 0.15) is 11.1 Å². The van der Waals surface area contributed by atoms with Crippen molar-refractivity contribution in [1.29, 1.82) is 0 Å². The van der Waals surface area contributed by atoms with Gasteiger partial charge in [-0.3, -0.25) is 0 Å². The van der Waals surface area contributed by atoms with Crippen molar-refractivity contribution in [2.45, 2.75) is 42.0 Å². The Hall–Kier alpha value is -1.14. The van der Waals surface area contributed by atoms with E-state index in [0.717, 1.165) is 11.1 Å². The molecule has 2 aromatic rings. The van der Waals surface area contributed by atoms with E-state index in [4.69, 9.17) is 37.4 Å². The van der Waals surface area contributed by atoms with Crippen molar-refractivity contribution in [3.8, 4) is 0 Å². The summed E-state index contributed by atoms with van der Waals surface area (Å²) in [5, 5.41) is 9.82. The molecule has 6 heteroatoms. The zero-order valence-electron chi connectivity index (χ0n) is 14.7. The van der Waals surface area contributed by atoms with E-state index in [2.05, 4.69) is 0 Å². The van der Waals surface area contributed by atoms with Crippen LogP contribution in [-0.2, 0) is 27.4 Å². The second kappa shape index (κ2) is 8.08. The molecule has 1 aliphatic carbocycles. The van der Waals surface area contributed by atoms with Crippen molar-refractivity contribution in [3.05, 3.63) is 71.8 Å². The highest BCUT2D eigenvalue weighted by molar-refractivity contribution is 6.51. The highest BCUT2D eigenvalue weighted by Crippen LogP contribution is 2.61. The predicted octanol–water partition coefficient (Wildman–Crippen LogP) is 3.72. The van der Waals surface area contributed by atoms with E-state index in [0.29, 0.717) is 13.2 Å². The van der Waals surface area contributed by atoms with Gasteiger partial charge in [0.25, 0.3) is 0 Å². The Morgan fingerprint density at radius 3 is 1.89 bits per heavy atom. The zero-order valence-corrected chi connectivity index (χ0v) is 16.2. The molecule has 0 amide bonds. The molecule has 0 radical (unpaired) electrons. The summed E-state index contributed by atoms with van der Waals surface area (Å²) < 4.78 is 17.2. The standard InChI is InChI=1S/C21H22Cl2O4/c22-21(23)17-19(26-13-15-9-5-2-6-10-15)18(16(11-24)27-20(17)21)25-12-14-7-3-1-4-8-14/h1-10,16-20,24H,11-13H2/t16-,17-,18-,19-,20+/m1/s1. The summed E-state index contributed by atoms with van der Waals surface area (Å²) in [5.41, 5.74) is 2.09. The molecule has 27 heavy (non-hydrogen) atoms. The van der Waals surface area contributed by atoms with Gasteiger partial charge in [-0.05, 0) is 11.1 Å². The van der Waals surface area contributed by atoms with E-state index in [9.17, 15) is 5.11 Å². The number of ether oxygens (including phenoxy) is 3. The van der Waals surface area contributed by atoms with Crippen LogP contribution in [0.25, 0.3) is 0 Å². The molecule has 0 aromatic heterocycles. The monoisotopic (exact) mass is 408 g/mol. The van der Waals surface area contributed by atoms with Crippen LogP contribution in [0.2, 0.25) is 0 Å². The highest BCUT2D eigenvalue weighted by Gasteiger charge is 2.73. The quantitative estimate of drug-likeness (QED) is 0.709. The van der Waals surface area contributed by atoms with E-state index in [1.807, 2.05) is 60.7 Å². The van der Waals surface area contributed by atoms with Gasteiger partial charge >= 0.3 is 0 Å². The van der Waals surface area contributed by atoms with E-state index >= 15 is 0 Å². The predicted molar refractivity (Wildman–Crippen MR) is 104 cm³/mol. The third kappa shape index (κ3) is 4.02. The van der Waals surface area contributed by atoms with Crippen molar-refractivity contribution < 1.29 is 19.3 Å². The maximum atomic E-state index is 9.82. The first-order chi connectivity index (χ1) is 13.1. The maximum absolute atomic E-state index is 9.82. The van der Waals surface area contributed by atoms with Crippen molar-refractivity contribution in [1.82, 2.24) is 0 Å². The van der Waals surface area contributed by atoms with Crippen LogP contribution in [-0.4, -0.2) is 40.5 Å². The van der Waals surface area contributed by atoms with Crippen LogP contribution in [0, 0.1) is 5.92 Å². The Bertz CT molecular complexity index is 740. The molecule has 0 spiro atoms. The minimum absolute atomic E-state index is 0.183. The summed E-state index contributed by atoms with van der Waals surface area (Å²) in [4.78, 5) is 0. The van der Waals surface area contributed by atoms with E-state index in [-0.39, 0.29) is 24.7 Å². The molecule has 4 rings (SSSR count). The lowest BCUT2D eigenvalue weighted by Gasteiger charge is -2.36. The molecule has 2 fully saturated rings. The fourth-order valence-electron chi connectivity index (χ4n) is 3.65. The van der Waals surface area contributed by atoms with Gasteiger partial charge in [0, 0.05) is 0 Å². The maximum Gasteiger partial charge on any atom is 0.152 e. The van der Waals surface area contributed by atoms with Crippen molar-refractivity contribution in [3.63, 3.8) is 0 Å². The first-order valence-electron chi connectivity index (χ1n) is 9.06. The molecular weight excluding hydrogens is 387 g/mol. The number of benzene rings is 2. The molecule has 1 saturated carbocycles. The second-order valence-corrected chi connectivity index (χ2v) is 8.44. The van der Waals surface area contributed by atoms with E-state index < -0.39 is 16.5 Å². The third-order valence-electron chi connectivity index (χ3n) is 5.16. The van der Waals surface area contributed by atoms with Crippen LogP contribution >= 0.6 is 23.2 Å². The first-order valence-corrected chi connectivity index (χ1v) is 9.82. The molecular formula is C21H22Cl2O4. The smallest absolute Gasteiger partial charge is 0.152 e. The fourth-order valence-corrected chi connectivity index (χ4v) is 4.38. The average Bonchev–Trinajstić information content (AvgIpc) is 3.26. The summed E-state index contributed by atoms with van der Waals surface area (Å²) in [7, 11) is 0. The minimum Gasteiger partial charge on any atom is -0.394 e. The Morgan fingerprint density at radius 2 is 1.37 bits per heavy atom. The number of rotatable bonds is 7. The van der Waals surface area contributed by atoms with E-state index in [1.165, 1.54) is 0 Å². The molecule has 1 N–H and O–H groups in total. The molecule has 1 heterocycles. The molecule has 144 valence electrons. The van der Waals surface area contributed by atoms with Gasteiger partial charge in [-0.25, -0.2) is 0 Å². The van der Waals surface area contributed by atoms with Gasteiger partial charge in [-0.2, -0.15) is 0 Å². The van der Waals surface area contributed by atoms with Crippen LogP contribution in [0.15, 0.2) is 60.7 Å². The minimum atomic E-state index is -1.01. The summed E-state index contributed by atoms with van der Waals surface area (Å²) in [6.45, 7) is 0.630. The van der Waals surface area contributed by atoms with E-state index in [1.54, 1.807) is 0 Å². The number of hydrogen-bond donors (Lipinski definition) is 1. The van der Waals surface area contributed by atoms with Crippen molar-refractivity contribution in [2.75, 3.05) is 6.61 Å². The fraction of sp³-hybridized carbons (Fsp3) is 0.429. The van der Waals surface area contributed by atoms with Crippen LogP contribution in [0.3, 0.4) is 0 Å². The number of alkyl halides is 2. The second-order valence-electron chi connectivity index (χ2n) is 7.00. The average molecular weight is 409 g/mol. The van der Waals surface area contributed by atoms with Crippen LogP contribution < -0.4 is 0 Å². The third-order valence-corrected chi connectivity index (χ3v) is 6.09. The summed E-state index contributed by atoms with van der Waals surface area (Å²) in [6.07, 6.45) is -1.70. The summed E-state index contributed by atoms with van der Waals surface area (Å²) >= 11 is 12.8. The van der Waals surface area contributed by atoms with Crippen LogP contribution in [0.5, 0.6) is 0 Å². The topological polar surface area (TPSA) is 47.9 Å². The van der Waals surface area contributed by atoms with Crippen LogP contribution in [0.4, 0.5) is 0 Å². The molecule has 2 aromatic carbocycles. The number of hydrogen-bond acceptors (Lipinski definition) is 4. The number of halogens is 2. The van der Waals surface area contributed by atoms with Gasteiger partial charge in [-0.15, -0.1) is 0 Å². The molecule has 0 unspecified atom stereocenters. The lowest BCUT2D eigenvalue weighted by Crippen LogP contribution is -2.50. The van der Waals surface area contributed by atoms with Crippen molar-refractivity contribution >= 4 is 23.2 Å². The lowest BCUT2D eigenvalue weighted by molar-refractivity contribution is -0.195. The zero-order chi connectivity index (χ0) is 18.9. The number of fused-ring (bicyclic) bond motifs is 1. The Balaban J connectivity index is 1.50.